The van der Waals surface area contributed by atoms with E-state index in [1.165, 1.54) is 0 Å². The molecule has 2 unspecified atom stereocenters. The van der Waals surface area contributed by atoms with E-state index in [2.05, 4.69) is 12.1 Å². The van der Waals surface area contributed by atoms with Gasteiger partial charge in [0, 0.05) is 6.42 Å². The first-order valence-corrected chi connectivity index (χ1v) is 3.96. The van der Waals surface area contributed by atoms with E-state index in [-0.39, 0.29) is 11.8 Å². The van der Waals surface area contributed by atoms with Crippen molar-refractivity contribution >= 4 is 0 Å². The Hall–Kier alpha value is -1.53. The average Bonchev–Trinajstić information content (AvgIpc) is 2.12. The van der Waals surface area contributed by atoms with Crippen LogP contribution in [0.15, 0.2) is 0 Å². The number of nitriles is 3. The largest absolute Gasteiger partial charge is 0.198 e. The summed E-state index contributed by atoms with van der Waals surface area (Å²) in [7, 11) is 0. The zero-order valence-electron chi connectivity index (χ0n) is 7.12. The van der Waals surface area contributed by atoms with Crippen molar-refractivity contribution in [3.8, 4) is 18.2 Å². The Kier molecular flexibility index (Phi) is 5.41. The number of hydrogen-bond acceptors (Lipinski definition) is 3. The third-order valence-corrected chi connectivity index (χ3v) is 1.82. The van der Waals surface area contributed by atoms with E-state index in [9.17, 15) is 0 Å². The fraction of sp³-hybridized carbons (Fsp3) is 0.667. The van der Waals surface area contributed by atoms with Gasteiger partial charge in [0.05, 0.1) is 30.0 Å². The zero-order valence-corrected chi connectivity index (χ0v) is 7.12. The highest BCUT2D eigenvalue weighted by atomic mass is 14.3. The average molecular weight is 161 g/mol. The summed E-state index contributed by atoms with van der Waals surface area (Å²) in [5.74, 6) is -0.497. The normalized spacial score (nSPS) is 13.5. The highest BCUT2D eigenvalue weighted by molar-refractivity contribution is 4.98. The van der Waals surface area contributed by atoms with Crippen LogP contribution in [0.5, 0.6) is 0 Å². The first-order valence-electron chi connectivity index (χ1n) is 3.96. The Bertz CT molecular complexity index is 238. The molecule has 3 heteroatoms. The van der Waals surface area contributed by atoms with Gasteiger partial charge in [-0.3, -0.25) is 0 Å². The van der Waals surface area contributed by atoms with Gasteiger partial charge in [-0.1, -0.05) is 6.92 Å². The lowest BCUT2D eigenvalue weighted by Gasteiger charge is -2.10. The van der Waals surface area contributed by atoms with Gasteiger partial charge in [0.25, 0.3) is 0 Å². The summed E-state index contributed by atoms with van der Waals surface area (Å²) in [5, 5.41) is 25.6. The van der Waals surface area contributed by atoms with Gasteiger partial charge in [-0.15, -0.1) is 0 Å². The van der Waals surface area contributed by atoms with Gasteiger partial charge in [-0.25, -0.2) is 0 Å². The molecule has 0 aliphatic heterocycles. The van der Waals surface area contributed by atoms with Crippen molar-refractivity contribution in [2.75, 3.05) is 0 Å². The maximum Gasteiger partial charge on any atom is 0.0669 e. The van der Waals surface area contributed by atoms with Gasteiger partial charge >= 0.3 is 0 Å². The minimum Gasteiger partial charge on any atom is -0.198 e. The molecule has 0 aromatic carbocycles. The molecule has 0 saturated carbocycles. The molecule has 0 saturated heterocycles. The number of rotatable bonds is 4. The first kappa shape index (κ1) is 10.5. The van der Waals surface area contributed by atoms with Crippen molar-refractivity contribution in [1.29, 1.82) is 15.8 Å². The molecule has 0 aliphatic rings. The predicted molar refractivity (Wildman–Crippen MR) is 43.3 cm³/mol. The molecule has 3 nitrogen and oxygen atoms in total. The lowest BCUT2D eigenvalue weighted by molar-refractivity contribution is 0.457. The lowest BCUT2D eigenvalue weighted by atomic mass is 9.89. The van der Waals surface area contributed by atoms with Gasteiger partial charge in [-0.05, 0) is 12.8 Å². The van der Waals surface area contributed by atoms with Crippen LogP contribution in [0.2, 0.25) is 0 Å². The molecular weight excluding hydrogens is 150 g/mol. The van der Waals surface area contributed by atoms with E-state index in [1.54, 1.807) is 0 Å². The highest BCUT2D eigenvalue weighted by Crippen LogP contribution is 2.18. The van der Waals surface area contributed by atoms with E-state index >= 15 is 0 Å². The van der Waals surface area contributed by atoms with Crippen molar-refractivity contribution < 1.29 is 0 Å². The second kappa shape index (κ2) is 6.20. The lowest BCUT2D eigenvalue weighted by Crippen LogP contribution is -2.09. The molecule has 0 heterocycles. The summed E-state index contributed by atoms with van der Waals surface area (Å²) < 4.78 is 0. The van der Waals surface area contributed by atoms with Gasteiger partial charge in [0.1, 0.15) is 0 Å². The van der Waals surface area contributed by atoms with Gasteiger partial charge in [0.2, 0.25) is 0 Å². The van der Waals surface area contributed by atoms with Crippen LogP contribution in [-0.4, -0.2) is 0 Å². The summed E-state index contributed by atoms with van der Waals surface area (Å²) in [4.78, 5) is 0. The third-order valence-electron chi connectivity index (χ3n) is 1.82. The van der Waals surface area contributed by atoms with Crippen molar-refractivity contribution in [1.82, 2.24) is 0 Å². The molecule has 0 aliphatic carbocycles. The predicted octanol–water partition coefficient (Wildman–Crippen LogP) is 1.98. The van der Waals surface area contributed by atoms with Crippen LogP contribution in [0, 0.1) is 45.8 Å². The fourth-order valence-electron chi connectivity index (χ4n) is 1.04. The molecule has 0 aromatic heterocycles. The van der Waals surface area contributed by atoms with Crippen LogP contribution < -0.4 is 0 Å². The molecule has 62 valence electrons. The van der Waals surface area contributed by atoms with Gasteiger partial charge in [0.15, 0.2) is 0 Å². The Labute approximate surface area is 72.8 Å². The summed E-state index contributed by atoms with van der Waals surface area (Å²) in [5.41, 5.74) is 0. The maximum atomic E-state index is 8.67. The smallest absolute Gasteiger partial charge is 0.0669 e. The van der Waals surface area contributed by atoms with E-state index in [0.29, 0.717) is 19.3 Å². The highest BCUT2D eigenvalue weighted by Gasteiger charge is 2.18. The summed E-state index contributed by atoms with van der Waals surface area (Å²) in [6.07, 6.45) is 1.55. The van der Waals surface area contributed by atoms with E-state index < -0.39 is 0 Å². The Morgan fingerprint density at radius 1 is 1.08 bits per heavy atom. The number of hydrogen-bond donors (Lipinski definition) is 0. The summed E-state index contributed by atoms with van der Waals surface area (Å²) in [6, 6.07) is 6.12. The van der Waals surface area contributed by atoms with Crippen LogP contribution >= 0.6 is 0 Å². The second-order valence-electron chi connectivity index (χ2n) is 2.58. The maximum absolute atomic E-state index is 8.67. The fourth-order valence-corrected chi connectivity index (χ4v) is 1.04. The van der Waals surface area contributed by atoms with Crippen molar-refractivity contribution in [3.63, 3.8) is 0 Å². The third kappa shape index (κ3) is 3.04. The summed E-state index contributed by atoms with van der Waals surface area (Å²) in [6.45, 7) is 1.88. The summed E-state index contributed by atoms with van der Waals surface area (Å²) >= 11 is 0. The molecule has 12 heavy (non-hydrogen) atoms. The van der Waals surface area contributed by atoms with Crippen LogP contribution in [0.1, 0.15) is 26.2 Å². The van der Waals surface area contributed by atoms with Crippen molar-refractivity contribution in [3.05, 3.63) is 0 Å². The first-order chi connectivity index (χ1) is 5.79. The zero-order chi connectivity index (χ0) is 9.40. The molecule has 0 radical (unpaired) electrons. The van der Waals surface area contributed by atoms with E-state index in [1.807, 2.05) is 13.0 Å². The van der Waals surface area contributed by atoms with Gasteiger partial charge < -0.3 is 0 Å². The molecule has 0 N–H and O–H groups in total. The van der Waals surface area contributed by atoms with Gasteiger partial charge in [-0.2, -0.15) is 15.8 Å². The monoisotopic (exact) mass is 161 g/mol. The molecule has 0 fully saturated rings. The molecule has 0 spiro atoms. The Morgan fingerprint density at radius 3 is 2.00 bits per heavy atom. The molecule has 0 aromatic rings. The quantitative estimate of drug-likeness (QED) is 0.632. The SMILES string of the molecule is CCC(C#N)C(C#N)CCC#N. The minimum absolute atomic E-state index is 0.219. The van der Waals surface area contributed by atoms with Crippen LogP contribution in [0.4, 0.5) is 0 Å². The minimum atomic E-state index is -0.278. The van der Waals surface area contributed by atoms with Crippen LogP contribution in [0.25, 0.3) is 0 Å². The molecule has 0 amide bonds. The Morgan fingerprint density at radius 2 is 1.67 bits per heavy atom. The standard InChI is InChI=1S/C9H11N3/c1-2-8(6-11)9(7-12)4-3-5-10/h8-9H,2-4H2,1H3. The van der Waals surface area contributed by atoms with Crippen LogP contribution in [0.3, 0.4) is 0 Å². The molecule has 0 bridgehead atoms. The van der Waals surface area contributed by atoms with Crippen molar-refractivity contribution in [2.45, 2.75) is 26.2 Å². The topological polar surface area (TPSA) is 71.4 Å². The molecular formula is C9H11N3. The second-order valence-corrected chi connectivity index (χ2v) is 2.58. The Balaban J connectivity index is 4.09. The van der Waals surface area contributed by atoms with E-state index in [4.69, 9.17) is 15.8 Å². The van der Waals surface area contributed by atoms with Crippen molar-refractivity contribution in [2.24, 2.45) is 11.8 Å². The van der Waals surface area contributed by atoms with Crippen LogP contribution in [-0.2, 0) is 0 Å². The van der Waals surface area contributed by atoms with E-state index in [0.717, 1.165) is 0 Å². The molecule has 2 atom stereocenters. The number of nitrogens with zero attached hydrogens (tertiary/aromatic N) is 3. The molecule has 0 rings (SSSR count).